The van der Waals surface area contributed by atoms with E-state index in [0.29, 0.717) is 6.04 Å². The molecule has 2 aliphatic rings. The van der Waals surface area contributed by atoms with Crippen LogP contribution in [0.15, 0.2) is 24.3 Å². The second-order valence-corrected chi connectivity index (χ2v) is 6.56. The van der Waals surface area contributed by atoms with E-state index in [9.17, 15) is 5.11 Å². The molecule has 3 N–H and O–H groups in total. The first-order valence-corrected chi connectivity index (χ1v) is 8.01. The minimum atomic E-state index is -0.408. The minimum Gasteiger partial charge on any atom is -0.377 e. The van der Waals surface area contributed by atoms with Crippen molar-refractivity contribution in [2.75, 3.05) is 0 Å². The average Bonchev–Trinajstić information content (AvgIpc) is 2.49. The first-order valence-electron chi connectivity index (χ1n) is 8.01. The Bertz CT molecular complexity index is 374. The molecular formula is C17H26N2O. The van der Waals surface area contributed by atoms with Gasteiger partial charge in [0.15, 0.2) is 0 Å². The molecule has 1 saturated heterocycles. The molecule has 1 saturated carbocycles. The van der Waals surface area contributed by atoms with Crippen molar-refractivity contribution in [3.63, 3.8) is 0 Å². The summed E-state index contributed by atoms with van der Waals surface area (Å²) in [7, 11) is 0. The SMILES string of the molecule is CC1CCC(c2ccc(C3CCC(O)NN3)cc2)CC1. The molecule has 0 spiro atoms. The van der Waals surface area contributed by atoms with Crippen molar-refractivity contribution in [3.8, 4) is 0 Å². The van der Waals surface area contributed by atoms with Crippen molar-refractivity contribution in [1.29, 1.82) is 0 Å². The van der Waals surface area contributed by atoms with E-state index in [0.717, 1.165) is 24.7 Å². The molecule has 3 nitrogen and oxygen atoms in total. The first kappa shape index (κ1) is 14.1. The fourth-order valence-corrected chi connectivity index (χ4v) is 3.51. The standard InChI is InChI=1S/C17H26N2O/c1-12-2-4-13(5-3-12)14-6-8-15(9-7-14)16-10-11-17(20)19-18-16/h6-9,12-13,16-20H,2-5,10-11H2,1H3. The van der Waals surface area contributed by atoms with Crippen molar-refractivity contribution in [3.05, 3.63) is 35.4 Å². The second-order valence-electron chi connectivity index (χ2n) is 6.56. The van der Waals surface area contributed by atoms with Crippen molar-refractivity contribution < 1.29 is 5.11 Å². The van der Waals surface area contributed by atoms with Crippen LogP contribution in [0.1, 0.15) is 68.5 Å². The van der Waals surface area contributed by atoms with E-state index in [4.69, 9.17) is 0 Å². The second kappa shape index (κ2) is 6.25. The van der Waals surface area contributed by atoms with Gasteiger partial charge in [-0.25, -0.2) is 10.9 Å². The van der Waals surface area contributed by atoms with Crippen LogP contribution in [0.25, 0.3) is 0 Å². The van der Waals surface area contributed by atoms with Crippen LogP contribution in [0.4, 0.5) is 0 Å². The minimum absolute atomic E-state index is 0.318. The lowest BCUT2D eigenvalue weighted by Gasteiger charge is -2.29. The third kappa shape index (κ3) is 3.22. The highest BCUT2D eigenvalue weighted by atomic mass is 16.3. The van der Waals surface area contributed by atoms with E-state index in [1.54, 1.807) is 0 Å². The summed E-state index contributed by atoms with van der Waals surface area (Å²) >= 11 is 0. The maximum absolute atomic E-state index is 9.44. The Labute approximate surface area is 121 Å². The number of hydrazine groups is 1. The summed E-state index contributed by atoms with van der Waals surface area (Å²) in [4.78, 5) is 0. The van der Waals surface area contributed by atoms with E-state index < -0.39 is 6.23 Å². The largest absolute Gasteiger partial charge is 0.377 e. The summed E-state index contributed by atoms with van der Waals surface area (Å²) in [5.74, 6) is 1.67. The highest BCUT2D eigenvalue weighted by molar-refractivity contribution is 5.28. The third-order valence-corrected chi connectivity index (χ3v) is 4.98. The van der Waals surface area contributed by atoms with E-state index in [2.05, 4.69) is 42.0 Å². The monoisotopic (exact) mass is 274 g/mol. The van der Waals surface area contributed by atoms with Gasteiger partial charge in [-0.15, -0.1) is 0 Å². The van der Waals surface area contributed by atoms with Gasteiger partial charge in [0, 0.05) is 6.04 Å². The fourth-order valence-electron chi connectivity index (χ4n) is 3.51. The van der Waals surface area contributed by atoms with Crippen molar-refractivity contribution >= 4 is 0 Å². The Kier molecular flexibility index (Phi) is 4.39. The normalized spacial score (nSPS) is 34.9. The van der Waals surface area contributed by atoms with Crippen LogP contribution in [-0.2, 0) is 0 Å². The number of benzene rings is 1. The molecule has 2 unspecified atom stereocenters. The molecule has 0 aromatic heterocycles. The van der Waals surface area contributed by atoms with E-state index in [1.807, 2.05) is 0 Å². The molecule has 0 amide bonds. The summed E-state index contributed by atoms with van der Waals surface area (Å²) < 4.78 is 0. The highest BCUT2D eigenvalue weighted by Gasteiger charge is 2.21. The van der Waals surface area contributed by atoms with Gasteiger partial charge >= 0.3 is 0 Å². The Morgan fingerprint density at radius 1 is 0.850 bits per heavy atom. The topological polar surface area (TPSA) is 44.3 Å². The quantitative estimate of drug-likeness (QED) is 0.776. The van der Waals surface area contributed by atoms with E-state index >= 15 is 0 Å². The lowest BCUT2D eigenvalue weighted by Crippen LogP contribution is -2.47. The Balaban J connectivity index is 1.62. The summed E-state index contributed by atoms with van der Waals surface area (Å²) in [6.07, 6.45) is 6.81. The van der Waals surface area contributed by atoms with Gasteiger partial charge in [0.25, 0.3) is 0 Å². The number of hydrogen-bond donors (Lipinski definition) is 3. The summed E-state index contributed by atoms with van der Waals surface area (Å²) in [5.41, 5.74) is 8.93. The third-order valence-electron chi connectivity index (χ3n) is 4.98. The van der Waals surface area contributed by atoms with Gasteiger partial charge in [-0.05, 0) is 48.6 Å². The van der Waals surface area contributed by atoms with Crippen LogP contribution in [-0.4, -0.2) is 11.3 Å². The number of aliphatic hydroxyl groups excluding tert-OH is 1. The predicted octanol–water partition coefficient (Wildman–Crippen LogP) is 3.23. The molecule has 2 fully saturated rings. The van der Waals surface area contributed by atoms with Gasteiger partial charge in [-0.1, -0.05) is 44.0 Å². The van der Waals surface area contributed by atoms with Gasteiger partial charge in [-0.3, -0.25) is 0 Å². The van der Waals surface area contributed by atoms with Gasteiger partial charge in [0.05, 0.1) is 0 Å². The van der Waals surface area contributed by atoms with Crippen LogP contribution in [0.3, 0.4) is 0 Å². The number of rotatable bonds is 2. The zero-order valence-electron chi connectivity index (χ0n) is 12.3. The number of hydrogen-bond acceptors (Lipinski definition) is 3. The van der Waals surface area contributed by atoms with Crippen LogP contribution in [0.2, 0.25) is 0 Å². The van der Waals surface area contributed by atoms with Crippen molar-refractivity contribution in [2.45, 2.75) is 63.6 Å². The predicted molar refractivity (Wildman–Crippen MR) is 81.1 cm³/mol. The molecule has 2 atom stereocenters. The maximum atomic E-state index is 9.44. The molecule has 1 aliphatic heterocycles. The highest BCUT2D eigenvalue weighted by Crippen LogP contribution is 2.36. The molecule has 3 rings (SSSR count). The van der Waals surface area contributed by atoms with Gasteiger partial charge in [0.2, 0.25) is 0 Å². The Morgan fingerprint density at radius 2 is 1.50 bits per heavy atom. The molecule has 3 heteroatoms. The van der Waals surface area contributed by atoms with Crippen LogP contribution in [0.5, 0.6) is 0 Å². The van der Waals surface area contributed by atoms with E-state index in [-0.39, 0.29) is 0 Å². The van der Waals surface area contributed by atoms with Gasteiger partial charge < -0.3 is 5.11 Å². The number of nitrogens with one attached hydrogen (secondary N) is 2. The Morgan fingerprint density at radius 3 is 2.10 bits per heavy atom. The zero-order chi connectivity index (χ0) is 13.9. The average molecular weight is 274 g/mol. The van der Waals surface area contributed by atoms with E-state index in [1.165, 1.54) is 36.8 Å². The van der Waals surface area contributed by atoms with Crippen LogP contribution < -0.4 is 10.9 Å². The number of aliphatic hydroxyl groups is 1. The molecular weight excluding hydrogens is 248 g/mol. The summed E-state index contributed by atoms with van der Waals surface area (Å²) in [6.45, 7) is 2.37. The summed E-state index contributed by atoms with van der Waals surface area (Å²) in [5, 5.41) is 9.44. The molecule has 1 aromatic rings. The maximum Gasteiger partial charge on any atom is 0.117 e. The fraction of sp³-hybridized carbons (Fsp3) is 0.647. The first-order chi connectivity index (χ1) is 9.72. The Hall–Kier alpha value is -0.900. The molecule has 1 aliphatic carbocycles. The van der Waals surface area contributed by atoms with Crippen LogP contribution in [0, 0.1) is 5.92 Å². The van der Waals surface area contributed by atoms with Gasteiger partial charge in [0.1, 0.15) is 6.23 Å². The molecule has 1 heterocycles. The van der Waals surface area contributed by atoms with Crippen LogP contribution >= 0.6 is 0 Å². The summed E-state index contributed by atoms with van der Waals surface area (Å²) in [6, 6.07) is 9.44. The lowest BCUT2D eigenvalue weighted by molar-refractivity contribution is 0.0701. The van der Waals surface area contributed by atoms with Crippen molar-refractivity contribution in [2.24, 2.45) is 5.92 Å². The zero-order valence-corrected chi connectivity index (χ0v) is 12.3. The molecule has 110 valence electrons. The van der Waals surface area contributed by atoms with Gasteiger partial charge in [-0.2, -0.15) is 0 Å². The molecule has 20 heavy (non-hydrogen) atoms. The smallest absolute Gasteiger partial charge is 0.117 e. The lowest BCUT2D eigenvalue weighted by atomic mass is 9.79. The molecule has 0 radical (unpaired) electrons. The molecule has 0 bridgehead atoms. The molecule has 1 aromatic carbocycles. The van der Waals surface area contributed by atoms with Crippen molar-refractivity contribution in [1.82, 2.24) is 10.9 Å².